The standard InChI is InChI=1S/C16H23N3O/c1-16(2)12(10-17)13(16)15-18-14(19-20-15)11-8-6-4-3-5-7-9-11/h11-13H,3-9H2,1-2H3. The minimum absolute atomic E-state index is 0.0144. The maximum Gasteiger partial charge on any atom is 0.231 e. The highest BCUT2D eigenvalue weighted by molar-refractivity contribution is 5.26. The first-order valence-electron chi connectivity index (χ1n) is 7.87. The Morgan fingerprint density at radius 3 is 2.40 bits per heavy atom. The van der Waals surface area contributed by atoms with E-state index in [1.807, 2.05) is 0 Å². The topological polar surface area (TPSA) is 62.7 Å². The van der Waals surface area contributed by atoms with Crippen molar-refractivity contribution in [3.63, 3.8) is 0 Å². The van der Waals surface area contributed by atoms with Gasteiger partial charge in [-0.25, -0.2) is 0 Å². The van der Waals surface area contributed by atoms with E-state index in [0.29, 0.717) is 11.8 Å². The molecule has 0 bridgehead atoms. The Hall–Kier alpha value is -1.37. The van der Waals surface area contributed by atoms with E-state index in [1.165, 1.54) is 44.9 Å². The van der Waals surface area contributed by atoms with E-state index in [-0.39, 0.29) is 17.3 Å². The summed E-state index contributed by atoms with van der Waals surface area (Å²) in [5.41, 5.74) is -0.0144. The van der Waals surface area contributed by atoms with Crippen LogP contribution in [0, 0.1) is 22.7 Å². The van der Waals surface area contributed by atoms with Gasteiger partial charge in [-0.05, 0) is 18.3 Å². The molecular weight excluding hydrogens is 250 g/mol. The molecule has 1 heterocycles. The third-order valence-corrected chi connectivity index (χ3v) is 5.16. The van der Waals surface area contributed by atoms with Gasteiger partial charge in [-0.1, -0.05) is 51.1 Å². The summed E-state index contributed by atoms with van der Waals surface area (Å²) in [6, 6.07) is 2.36. The monoisotopic (exact) mass is 273 g/mol. The van der Waals surface area contributed by atoms with Crippen molar-refractivity contribution in [2.75, 3.05) is 0 Å². The van der Waals surface area contributed by atoms with Crippen LogP contribution in [-0.4, -0.2) is 10.1 Å². The van der Waals surface area contributed by atoms with Gasteiger partial charge in [0.05, 0.1) is 17.9 Å². The molecular formula is C16H23N3O. The lowest BCUT2D eigenvalue weighted by atomic mass is 9.91. The first-order valence-corrected chi connectivity index (χ1v) is 7.87. The fourth-order valence-electron chi connectivity index (χ4n) is 3.59. The van der Waals surface area contributed by atoms with E-state index < -0.39 is 0 Å². The maximum atomic E-state index is 9.16. The third kappa shape index (κ3) is 2.34. The first kappa shape index (κ1) is 13.6. The summed E-state index contributed by atoms with van der Waals surface area (Å²) in [6.07, 6.45) is 8.91. The predicted octanol–water partition coefficient (Wildman–Crippen LogP) is 4.16. The molecule has 0 aromatic carbocycles. The number of rotatable bonds is 2. The van der Waals surface area contributed by atoms with Crippen molar-refractivity contribution in [1.29, 1.82) is 5.26 Å². The Kier molecular flexibility index (Phi) is 3.54. The van der Waals surface area contributed by atoms with E-state index in [2.05, 4.69) is 30.1 Å². The van der Waals surface area contributed by atoms with Crippen LogP contribution in [0.4, 0.5) is 0 Å². The van der Waals surface area contributed by atoms with Crippen molar-refractivity contribution < 1.29 is 4.52 Å². The van der Waals surface area contributed by atoms with E-state index in [4.69, 9.17) is 9.78 Å². The second kappa shape index (κ2) is 5.20. The molecule has 2 saturated carbocycles. The Labute approximate surface area is 120 Å². The summed E-state index contributed by atoms with van der Waals surface area (Å²) in [5.74, 6) is 2.16. The van der Waals surface area contributed by atoms with Crippen LogP contribution in [0.15, 0.2) is 4.52 Å². The van der Waals surface area contributed by atoms with Crippen LogP contribution in [0.3, 0.4) is 0 Å². The maximum absolute atomic E-state index is 9.16. The fourth-order valence-corrected chi connectivity index (χ4v) is 3.59. The normalized spacial score (nSPS) is 30.2. The minimum Gasteiger partial charge on any atom is -0.339 e. The van der Waals surface area contributed by atoms with Gasteiger partial charge in [0, 0.05) is 5.92 Å². The molecule has 3 rings (SSSR count). The van der Waals surface area contributed by atoms with Crippen LogP contribution in [0.5, 0.6) is 0 Å². The van der Waals surface area contributed by atoms with Crippen molar-refractivity contribution in [1.82, 2.24) is 10.1 Å². The highest BCUT2D eigenvalue weighted by Gasteiger charge is 2.62. The summed E-state index contributed by atoms with van der Waals surface area (Å²) < 4.78 is 5.47. The van der Waals surface area contributed by atoms with Gasteiger partial charge in [0.1, 0.15) is 0 Å². The zero-order valence-electron chi connectivity index (χ0n) is 12.4. The number of hydrogen-bond donors (Lipinski definition) is 0. The lowest BCUT2D eigenvalue weighted by Gasteiger charge is -2.15. The molecule has 2 fully saturated rings. The Bertz CT molecular complexity index is 506. The molecule has 0 aliphatic heterocycles. The van der Waals surface area contributed by atoms with Crippen LogP contribution >= 0.6 is 0 Å². The first-order chi connectivity index (χ1) is 9.64. The lowest BCUT2D eigenvalue weighted by Crippen LogP contribution is -2.04. The molecule has 4 nitrogen and oxygen atoms in total. The summed E-state index contributed by atoms with van der Waals surface area (Å²) in [4.78, 5) is 4.63. The number of nitrogens with zero attached hydrogens (tertiary/aromatic N) is 3. The van der Waals surface area contributed by atoms with Gasteiger partial charge in [-0.3, -0.25) is 0 Å². The van der Waals surface area contributed by atoms with E-state index >= 15 is 0 Å². The average molecular weight is 273 g/mol. The van der Waals surface area contributed by atoms with Crippen LogP contribution in [0.25, 0.3) is 0 Å². The molecule has 0 spiro atoms. The van der Waals surface area contributed by atoms with Gasteiger partial charge >= 0.3 is 0 Å². The molecule has 2 aliphatic rings. The van der Waals surface area contributed by atoms with Gasteiger partial charge in [0.25, 0.3) is 0 Å². The molecule has 0 radical (unpaired) electrons. The molecule has 1 aromatic heterocycles. The lowest BCUT2D eigenvalue weighted by molar-refractivity contribution is 0.353. The summed E-state index contributed by atoms with van der Waals surface area (Å²) in [5, 5.41) is 13.4. The second-order valence-corrected chi connectivity index (χ2v) is 6.94. The van der Waals surface area contributed by atoms with Crippen molar-refractivity contribution in [2.45, 2.75) is 70.6 Å². The Balaban J connectivity index is 1.72. The highest BCUT2D eigenvalue weighted by Crippen LogP contribution is 2.63. The van der Waals surface area contributed by atoms with Crippen molar-refractivity contribution in [3.8, 4) is 6.07 Å². The fraction of sp³-hybridized carbons (Fsp3) is 0.812. The largest absolute Gasteiger partial charge is 0.339 e. The second-order valence-electron chi connectivity index (χ2n) is 6.94. The molecule has 0 amide bonds. The number of hydrogen-bond acceptors (Lipinski definition) is 4. The van der Waals surface area contributed by atoms with E-state index in [1.54, 1.807) is 0 Å². The number of aromatic nitrogens is 2. The van der Waals surface area contributed by atoms with Crippen LogP contribution in [0.1, 0.15) is 82.3 Å². The Morgan fingerprint density at radius 2 is 1.80 bits per heavy atom. The minimum atomic E-state index is -0.0144. The SMILES string of the molecule is CC1(C)C(C#N)C1c1nc(C2CCCCCCC2)no1. The highest BCUT2D eigenvalue weighted by atomic mass is 16.5. The van der Waals surface area contributed by atoms with E-state index in [0.717, 1.165) is 5.82 Å². The van der Waals surface area contributed by atoms with Gasteiger partial charge < -0.3 is 4.52 Å². The van der Waals surface area contributed by atoms with Crippen molar-refractivity contribution >= 4 is 0 Å². The molecule has 2 unspecified atom stereocenters. The molecule has 20 heavy (non-hydrogen) atoms. The third-order valence-electron chi connectivity index (χ3n) is 5.16. The zero-order chi connectivity index (χ0) is 14.2. The van der Waals surface area contributed by atoms with Crippen LogP contribution in [-0.2, 0) is 0 Å². The molecule has 4 heteroatoms. The van der Waals surface area contributed by atoms with Crippen LogP contribution in [0.2, 0.25) is 0 Å². The van der Waals surface area contributed by atoms with E-state index in [9.17, 15) is 0 Å². The van der Waals surface area contributed by atoms with Gasteiger partial charge in [-0.15, -0.1) is 0 Å². The molecule has 2 aliphatic carbocycles. The van der Waals surface area contributed by atoms with Gasteiger partial charge in [0.15, 0.2) is 5.82 Å². The van der Waals surface area contributed by atoms with Crippen LogP contribution < -0.4 is 0 Å². The quantitative estimate of drug-likeness (QED) is 0.811. The zero-order valence-corrected chi connectivity index (χ0v) is 12.4. The molecule has 2 atom stereocenters. The summed E-state index contributed by atoms with van der Waals surface area (Å²) in [7, 11) is 0. The molecule has 0 N–H and O–H groups in total. The van der Waals surface area contributed by atoms with Crippen molar-refractivity contribution in [3.05, 3.63) is 11.7 Å². The predicted molar refractivity (Wildman–Crippen MR) is 75.0 cm³/mol. The van der Waals surface area contributed by atoms with Gasteiger partial charge in [0.2, 0.25) is 5.89 Å². The molecule has 0 saturated heterocycles. The smallest absolute Gasteiger partial charge is 0.231 e. The molecule has 108 valence electrons. The van der Waals surface area contributed by atoms with Gasteiger partial charge in [-0.2, -0.15) is 10.2 Å². The average Bonchev–Trinajstić information content (AvgIpc) is 2.72. The van der Waals surface area contributed by atoms with Crippen molar-refractivity contribution in [2.24, 2.45) is 11.3 Å². The summed E-state index contributed by atoms with van der Waals surface area (Å²) in [6.45, 7) is 4.20. The molecule has 1 aromatic rings. The number of nitriles is 1. The summed E-state index contributed by atoms with van der Waals surface area (Å²) >= 11 is 0. The Morgan fingerprint density at radius 1 is 1.15 bits per heavy atom.